The van der Waals surface area contributed by atoms with Gasteiger partial charge in [0, 0.05) is 18.7 Å². The topological polar surface area (TPSA) is 72.4 Å². The largest absolute Gasteiger partial charge is 0.363 e. The van der Waals surface area contributed by atoms with E-state index < -0.39 is 0 Å². The molecule has 1 fully saturated rings. The van der Waals surface area contributed by atoms with Crippen LogP contribution >= 0.6 is 0 Å². The fourth-order valence-corrected chi connectivity index (χ4v) is 2.83. The van der Waals surface area contributed by atoms with E-state index >= 15 is 0 Å². The minimum absolute atomic E-state index is 0.203. The van der Waals surface area contributed by atoms with E-state index in [9.17, 15) is 10.1 Å². The maximum atomic E-state index is 11.2. The number of hydrogen-bond donors (Lipinski definition) is 1. The molecule has 104 valence electrons. The Balaban J connectivity index is 2.37. The molecule has 1 aromatic carbocycles. The van der Waals surface area contributed by atoms with E-state index in [1.165, 1.54) is 6.42 Å². The molecule has 1 heterocycles. The first kappa shape index (κ1) is 13.8. The second-order valence-electron chi connectivity index (χ2n) is 5.17. The van der Waals surface area contributed by atoms with Crippen LogP contribution < -0.4 is 10.6 Å². The summed E-state index contributed by atoms with van der Waals surface area (Å²) >= 11 is 0. The van der Waals surface area contributed by atoms with Gasteiger partial charge in [0.2, 0.25) is 0 Å². The summed E-state index contributed by atoms with van der Waals surface area (Å²) in [6, 6.07) is 5.66. The van der Waals surface area contributed by atoms with Gasteiger partial charge in [0.15, 0.2) is 0 Å². The molecule has 1 unspecified atom stereocenters. The van der Waals surface area contributed by atoms with E-state index in [0.717, 1.165) is 37.1 Å². The molecule has 2 N–H and O–H groups in total. The van der Waals surface area contributed by atoms with Crippen molar-refractivity contribution in [2.45, 2.75) is 38.6 Å². The average Bonchev–Trinajstić information content (AvgIpc) is 2.39. The van der Waals surface area contributed by atoms with Gasteiger partial charge in [-0.05, 0) is 50.8 Å². The summed E-state index contributed by atoms with van der Waals surface area (Å²) in [5.74, 6) is 0. The van der Waals surface area contributed by atoms with Crippen molar-refractivity contribution < 1.29 is 4.92 Å². The number of anilines is 1. The van der Waals surface area contributed by atoms with Crippen LogP contribution in [0.15, 0.2) is 18.2 Å². The van der Waals surface area contributed by atoms with Gasteiger partial charge < -0.3 is 10.6 Å². The molecule has 0 radical (unpaired) electrons. The van der Waals surface area contributed by atoms with E-state index in [-0.39, 0.29) is 10.6 Å². The molecule has 1 saturated heterocycles. The van der Waals surface area contributed by atoms with Gasteiger partial charge in [0.05, 0.1) is 4.92 Å². The Labute approximate surface area is 113 Å². The maximum absolute atomic E-state index is 11.2. The zero-order valence-corrected chi connectivity index (χ0v) is 11.3. The third-order valence-corrected chi connectivity index (χ3v) is 3.76. The van der Waals surface area contributed by atoms with Crippen molar-refractivity contribution >= 4 is 11.4 Å². The van der Waals surface area contributed by atoms with Gasteiger partial charge in [-0.15, -0.1) is 0 Å². The van der Waals surface area contributed by atoms with Crippen LogP contribution in [0.5, 0.6) is 0 Å². The highest BCUT2D eigenvalue weighted by atomic mass is 16.6. The lowest BCUT2D eigenvalue weighted by atomic mass is 9.97. The number of rotatable bonds is 4. The molecule has 1 aliphatic rings. The minimum atomic E-state index is -0.289. The first-order valence-corrected chi connectivity index (χ1v) is 6.85. The summed E-state index contributed by atoms with van der Waals surface area (Å²) in [7, 11) is 0. The molecule has 1 aromatic rings. The van der Waals surface area contributed by atoms with Gasteiger partial charge in [-0.1, -0.05) is 6.07 Å². The Morgan fingerprint density at radius 1 is 1.47 bits per heavy atom. The normalized spacial score (nSPS) is 19.5. The van der Waals surface area contributed by atoms with Gasteiger partial charge in [0.1, 0.15) is 5.69 Å². The van der Waals surface area contributed by atoms with Crippen molar-refractivity contribution in [3.05, 3.63) is 33.9 Å². The van der Waals surface area contributed by atoms with Crippen LogP contribution in [-0.2, 0) is 0 Å². The second kappa shape index (κ2) is 6.02. The van der Waals surface area contributed by atoms with E-state index in [0.29, 0.717) is 12.6 Å². The Morgan fingerprint density at radius 3 is 2.95 bits per heavy atom. The summed E-state index contributed by atoms with van der Waals surface area (Å²) in [6.45, 7) is 3.48. The number of nitrogens with two attached hydrogens (primary N) is 1. The van der Waals surface area contributed by atoms with Crippen LogP contribution in [0, 0.1) is 17.0 Å². The molecular weight excluding hydrogens is 242 g/mol. The third-order valence-electron chi connectivity index (χ3n) is 3.76. The summed E-state index contributed by atoms with van der Waals surface area (Å²) in [6.07, 6.45) is 4.24. The molecular formula is C14H21N3O2. The molecule has 5 heteroatoms. The number of hydrogen-bond acceptors (Lipinski definition) is 4. The van der Waals surface area contributed by atoms with E-state index in [1.54, 1.807) is 12.1 Å². The van der Waals surface area contributed by atoms with Crippen LogP contribution in [0.2, 0.25) is 0 Å². The molecule has 0 bridgehead atoms. The predicted octanol–water partition coefficient (Wildman–Crippen LogP) is 2.61. The van der Waals surface area contributed by atoms with Crippen LogP contribution in [0.25, 0.3) is 0 Å². The summed E-state index contributed by atoms with van der Waals surface area (Å²) in [4.78, 5) is 13.1. The Bertz CT molecular complexity index is 460. The molecule has 5 nitrogen and oxygen atoms in total. The highest BCUT2D eigenvalue weighted by Crippen LogP contribution is 2.34. The lowest BCUT2D eigenvalue weighted by Crippen LogP contribution is -2.41. The van der Waals surface area contributed by atoms with Crippen molar-refractivity contribution in [2.24, 2.45) is 5.73 Å². The first-order chi connectivity index (χ1) is 9.13. The molecule has 19 heavy (non-hydrogen) atoms. The van der Waals surface area contributed by atoms with Crippen molar-refractivity contribution in [1.82, 2.24) is 0 Å². The SMILES string of the molecule is Cc1ccc([N+](=O)[O-])c(N2CCCCC2CCN)c1. The van der Waals surface area contributed by atoms with Gasteiger partial charge in [0.25, 0.3) is 5.69 Å². The highest BCUT2D eigenvalue weighted by molar-refractivity contribution is 5.65. The number of piperidine rings is 1. The quantitative estimate of drug-likeness (QED) is 0.669. The summed E-state index contributed by atoms with van der Waals surface area (Å²) in [5, 5.41) is 11.2. The van der Waals surface area contributed by atoms with Gasteiger partial charge in [-0.25, -0.2) is 0 Å². The van der Waals surface area contributed by atoms with Crippen molar-refractivity contribution in [2.75, 3.05) is 18.0 Å². The molecule has 0 aliphatic carbocycles. The van der Waals surface area contributed by atoms with Gasteiger partial charge >= 0.3 is 0 Å². The number of nitro benzene ring substituents is 1. The zero-order chi connectivity index (χ0) is 13.8. The molecule has 2 rings (SSSR count). The van der Waals surface area contributed by atoms with Crippen LogP contribution in [0.4, 0.5) is 11.4 Å². The Morgan fingerprint density at radius 2 is 2.26 bits per heavy atom. The van der Waals surface area contributed by atoms with Crippen LogP contribution in [0.3, 0.4) is 0 Å². The van der Waals surface area contributed by atoms with E-state index in [1.807, 2.05) is 13.0 Å². The zero-order valence-electron chi connectivity index (χ0n) is 11.3. The van der Waals surface area contributed by atoms with E-state index in [4.69, 9.17) is 5.73 Å². The van der Waals surface area contributed by atoms with Gasteiger partial charge in [-0.2, -0.15) is 0 Å². The summed E-state index contributed by atoms with van der Waals surface area (Å²) < 4.78 is 0. The first-order valence-electron chi connectivity index (χ1n) is 6.85. The highest BCUT2D eigenvalue weighted by Gasteiger charge is 2.27. The number of nitrogens with zero attached hydrogens (tertiary/aromatic N) is 2. The fourth-order valence-electron chi connectivity index (χ4n) is 2.83. The van der Waals surface area contributed by atoms with E-state index in [2.05, 4.69) is 4.90 Å². The molecule has 1 atom stereocenters. The number of benzene rings is 1. The van der Waals surface area contributed by atoms with Crippen LogP contribution in [-0.4, -0.2) is 24.1 Å². The van der Waals surface area contributed by atoms with Gasteiger partial charge in [-0.3, -0.25) is 10.1 Å². The maximum Gasteiger partial charge on any atom is 0.292 e. The fraction of sp³-hybridized carbons (Fsp3) is 0.571. The predicted molar refractivity (Wildman–Crippen MR) is 76.5 cm³/mol. The van der Waals surface area contributed by atoms with Crippen LogP contribution in [0.1, 0.15) is 31.2 Å². The molecule has 0 aromatic heterocycles. The molecule has 0 amide bonds. The minimum Gasteiger partial charge on any atom is -0.363 e. The Hall–Kier alpha value is -1.62. The van der Waals surface area contributed by atoms with Crippen molar-refractivity contribution in [1.29, 1.82) is 0 Å². The molecule has 0 saturated carbocycles. The standard InChI is InChI=1S/C14H21N3O2/c1-11-5-6-13(17(18)19)14(10-11)16-9-3-2-4-12(16)7-8-15/h5-6,10,12H,2-4,7-9,15H2,1H3. The molecule has 0 spiro atoms. The number of nitro groups is 1. The smallest absolute Gasteiger partial charge is 0.292 e. The third kappa shape index (κ3) is 3.04. The number of aryl methyl sites for hydroxylation is 1. The Kier molecular flexibility index (Phi) is 4.37. The lowest BCUT2D eigenvalue weighted by Gasteiger charge is -2.37. The monoisotopic (exact) mass is 263 g/mol. The summed E-state index contributed by atoms with van der Waals surface area (Å²) in [5.41, 5.74) is 7.68. The lowest BCUT2D eigenvalue weighted by molar-refractivity contribution is -0.384. The molecule has 1 aliphatic heterocycles. The average molecular weight is 263 g/mol. The van der Waals surface area contributed by atoms with Crippen molar-refractivity contribution in [3.63, 3.8) is 0 Å². The second-order valence-corrected chi connectivity index (χ2v) is 5.17. The van der Waals surface area contributed by atoms with Crippen molar-refractivity contribution in [3.8, 4) is 0 Å².